The maximum atomic E-state index is 13.0. The monoisotopic (exact) mass is 1130 g/mol. The van der Waals surface area contributed by atoms with Crippen molar-refractivity contribution in [2.75, 3.05) is 13.2 Å². The lowest BCUT2D eigenvalue weighted by molar-refractivity contribution is -0.167. The zero-order valence-electron chi connectivity index (χ0n) is 53.5. The molecule has 0 radical (unpaired) electrons. The Kier molecular flexibility index (Phi) is 65.3. The fourth-order valence-corrected chi connectivity index (χ4v) is 9.36. The van der Waals surface area contributed by atoms with Gasteiger partial charge in [-0.25, -0.2) is 0 Å². The van der Waals surface area contributed by atoms with Gasteiger partial charge in [0.2, 0.25) is 0 Å². The minimum absolute atomic E-state index is 0.0860. The van der Waals surface area contributed by atoms with Crippen LogP contribution in [0.2, 0.25) is 0 Å². The second kappa shape index (κ2) is 69.0. The van der Waals surface area contributed by atoms with Crippen LogP contribution in [0.1, 0.15) is 310 Å². The third kappa shape index (κ3) is 66.4. The number of ether oxygens (including phenoxy) is 3. The van der Waals surface area contributed by atoms with Crippen molar-refractivity contribution in [2.45, 2.75) is 316 Å². The molecule has 0 saturated carbocycles. The smallest absolute Gasteiger partial charge is 0.306 e. The first kappa shape index (κ1) is 77.5. The van der Waals surface area contributed by atoms with Gasteiger partial charge < -0.3 is 14.2 Å². The molecule has 6 heteroatoms. The Morgan fingerprint density at radius 2 is 0.476 bits per heavy atom. The molecule has 0 spiro atoms. The van der Waals surface area contributed by atoms with Crippen molar-refractivity contribution in [3.8, 4) is 0 Å². The van der Waals surface area contributed by atoms with E-state index in [1.54, 1.807) is 0 Å². The van der Waals surface area contributed by atoms with Gasteiger partial charge in [0.25, 0.3) is 0 Å². The summed E-state index contributed by atoms with van der Waals surface area (Å²) < 4.78 is 17.0. The van der Waals surface area contributed by atoms with Crippen LogP contribution in [-0.2, 0) is 28.6 Å². The van der Waals surface area contributed by atoms with Crippen molar-refractivity contribution in [1.82, 2.24) is 0 Å². The van der Waals surface area contributed by atoms with Gasteiger partial charge in [0.15, 0.2) is 6.10 Å². The van der Waals surface area contributed by atoms with Crippen LogP contribution in [0, 0.1) is 0 Å². The molecule has 1 unspecified atom stereocenters. The summed E-state index contributed by atoms with van der Waals surface area (Å²) in [6, 6.07) is 0. The maximum Gasteiger partial charge on any atom is 0.306 e. The number of allylic oxidation sites excluding steroid dienone is 22. The minimum atomic E-state index is -0.793. The number of rotatable bonds is 61. The van der Waals surface area contributed by atoms with E-state index in [0.717, 1.165) is 148 Å². The summed E-state index contributed by atoms with van der Waals surface area (Å²) in [5.41, 5.74) is 0. The van der Waals surface area contributed by atoms with E-state index in [9.17, 15) is 14.4 Å². The van der Waals surface area contributed by atoms with Crippen LogP contribution in [0.5, 0.6) is 0 Å². The van der Waals surface area contributed by atoms with Crippen molar-refractivity contribution < 1.29 is 28.6 Å². The summed E-state index contributed by atoms with van der Waals surface area (Å²) >= 11 is 0. The Morgan fingerprint density at radius 1 is 0.256 bits per heavy atom. The molecular formula is C76H126O6. The van der Waals surface area contributed by atoms with E-state index in [-0.39, 0.29) is 31.1 Å². The topological polar surface area (TPSA) is 78.9 Å². The molecule has 0 saturated heterocycles. The fraction of sp³-hybridized carbons (Fsp3) is 0.671. The van der Waals surface area contributed by atoms with Gasteiger partial charge in [-0.15, -0.1) is 0 Å². The molecule has 0 rings (SSSR count). The van der Waals surface area contributed by atoms with Gasteiger partial charge in [0.1, 0.15) is 13.2 Å². The van der Waals surface area contributed by atoms with E-state index < -0.39 is 6.10 Å². The highest BCUT2D eigenvalue weighted by atomic mass is 16.6. The van der Waals surface area contributed by atoms with Crippen LogP contribution >= 0.6 is 0 Å². The predicted octanol–water partition coefficient (Wildman–Crippen LogP) is 23.7. The molecule has 6 nitrogen and oxygen atoms in total. The SMILES string of the molecule is CC/C=C\C/C=C\C/C=C\C/C=C\C/C=C\C/C=C\CCCCCCCCC(=O)OCC(COC(=O)CCCCCCCCCCCCCCCC)OC(=O)CCCCCCCCCCC/C=C\C/C=C\C/C=C\C/C=C\C/C=C\CC. The van der Waals surface area contributed by atoms with Crippen LogP contribution in [0.3, 0.4) is 0 Å². The van der Waals surface area contributed by atoms with E-state index >= 15 is 0 Å². The molecule has 0 aromatic heterocycles. The van der Waals surface area contributed by atoms with E-state index in [1.807, 2.05) is 0 Å². The molecule has 0 heterocycles. The summed E-state index contributed by atoms with van der Waals surface area (Å²) in [6.45, 7) is 6.42. The van der Waals surface area contributed by atoms with Crippen LogP contribution in [0.4, 0.5) is 0 Å². The molecule has 0 aliphatic rings. The van der Waals surface area contributed by atoms with Crippen LogP contribution in [0.15, 0.2) is 134 Å². The van der Waals surface area contributed by atoms with Crippen LogP contribution in [0.25, 0.3) is 0 Å². The Hall–Kier alpha value is -4.45. The van der Waals surface area contributed by atoms with Gasteiger partial charge >= 0.3 is 17.9 Å². The molecule has 0 bridgehead atoms. The predicted molar refractivity (Wildman–Crippen MR) is 357 cm³/mol. The zero-order chi connectivity index (χ0) is 59.2. The van der Waals surface area contributed by atoms with Gasteiger partial charge in [-0.05, 0) is 116 Å². The highest BCUT2D eigenvalue weighted by Gasteiger charge is 2.19. The second-order valence-electron chi connectivity index (χ2n) is 22.3. The number of unbranched alkanes of at least 4 members (excludes halogenated alkanes) is 28. The third-order valence-corrected chi connectivity index (χ3v) is 14.4. The molecule has 0 aromatic rings. The number of carbonyl (C=O) groups is 3. The molecule has 0 aliphatic carbocycles. The molecule has 0 N–H and O–H groups in total. The Balaban J connectivity index is 4.40. The van der Waals surface area contributed by atoms with Crippen LogP contribution in [-0.4, -0.2) is 37.2 Å². The minimum Gasteiger partial charge on any atom is -0.462 e. The maximum absolute atomic E-state index is 13.0. The first-order valence-corrected chi connectivity index (χ1v) is 34.2. The average molecular weight is 1140 g/mol. The molecule has 82 heavy (non-hydrogen) atoms. The lowest BCUT2D eigenvalue weighted by Crippen LogP contribution is -2.30. The third-order valence-electron chi connectivity index (χ3n) is 14.4. The molecule has 0 amide bonds. The standard InChI is InChI=1S/C76H126O6/c1-4-7-10-13-16-19-22-25-28-30-32-34-36-38-40-42-44-46-48-51-54-57-60-63-66-69-75(78)81-72-73(71-80-74(77)68-65-62-59-56-53-50-27-24-21-18-15-12-9-6-3)82-76(79)70-67-64-61-58-55-52-49-47-45-43-41-39-37-35-33-31-29-26-23-20-17-14-11-8-5-2/h7-8,10-11,16-17,19-20,25-26,28-29,32-35,38-41,44,46,73H,4-6,9,12-15,18,21-24,27,30-31,36-37,42-43,45,47-72H2,1-3H3/b10-7-,11-8-,19-16-,20-17-,28-25-,29-26-,34-32-,35-33-,40-38-,41-39-,46-44-. The van der Waals surface area contributed by atoms with Gasteiger partial charge in [-0.1, -0.05) is 309 Å². The summed E-state index contributed by atoms with van der Waals surface area (Å²) in [5.74, 6) is -0.899. The van der Waals surface area contributed by atoms with Crippen molar-refractivity contribution in [1.29, 1.82) is 0 Å². The summed E-state index contributed by atoms with van der Waals surface area (Å²) in [7, 11) is 0. The quantitative estimate of drug-likeness (QED) is 0.0261. The summed E-state index contributed by atoms with van der Waals surface area (Å²) in [4.78, 5) is 38.4. The Morgan fingerprint density at radius 3 is 0.744 bits per heavy atom. The van der Waals surface area contributed by atoms with Crippen LogP contribution < -0.4 is 0 Å². The molecule has 466 valence electrons. The molecule has 0 fully saturated rings. The molecule has 0 aliphatic heterocycles. The van der Waals surface area contributed by atoms with E-state index in [1.165, 1.54) is 122 Å². The van der Waals surface area contributed by atoms with Crippen molar-refractivity contribution in [2.24, 2.45) is 0 Å². The molecule has 1 atom stereocenters. The second-order valence-corrected chi connectivity index (χ2v) is 22.3. The lowest BCUT2D eigenvalue weighted by Gasteiger charge is -2.18. The van der Waals surface area contributed by atoms with E-state index in [0.29, 0.717) is 19.3 Å². The van der Waals surface area contributed by atoms with Gasteiger partial charge in [-0.2, -0.15) is 0 Å². The normalized spacial score (nSPS) is 13.0. The van der Waals surface area contributed by atoms with Gasteiger partial charge in [0, 0.05) is 19.3 Å². The fourth-order valence-electron chi connectivity index (χ4n) is 9.36. The van der Waals surface area contributed by atoms with E-state index in [4.69, 9.17) is 14.2 Å². The number of carbonyl (C=O) groups excluding carboxylic acids is 3. The van der Waals surface area contributed by atoms with Gasteiger partial charge in [-0.3, -0.25) is 14.4 Å². The van der Waals surface area contributed by atoms with Crippen molar-refractivity contribution in [3.63, 3.8) is 0 Å². The lowest BCUT2D eigenvalue weighted by atomic mass is 10.0. The van der Waals surface area contributed by atoms with Crippen molar-refractivity contribution >= 4 is 17.9 Å². The number of esters is 3. The first-order chi connectivity index (χ1) is 40.5. The van der Waals surface area contributed by atoms with Crippen molar-refractivity contribution in [3.05, 3.63) is 134 Å². The first-order valence-electron chi connectivity index (χ1n) is 34.2. The van der Waals surface area contributed by atoms with E-state index in [2.05, 4.69) is 154 Å². The highest BCUT2D eigenvalue weighted by Crippen LogP contribution is 2.16. The zero-order valence-corrected chi connectivity index (χ0v) is 53.5. The largest absolute Gasteiger partial charge is 0.462 e. The Labute approximate surface area is 506 Å². The summed E-state index contributed by atoms with van der Waals surface area (Å²) in [5, 5.41) is 0. The molecular weight excluding hydrogens is 1010 g/mol. The highest BCUT2D eigenvalue weighted by molar-refractivity contribution is 5.71. The Bertz CT molecular complexity index is 1730. The van der Waals surface area contributed by atoms with Gasteiger partial charge in [0.05, 0.1) is 0 Å². The number of hydrogen-bond donors (Lipinski definition) is 0. The summed E-state index contributed by atoms with van der Waals surface area (Å²) in [6.07, 6.45) is 97.4. The average Bonchev–Trinajstić information content (AvgIpc) is 3.47. The number of hydrogen-bond acceptors (Lipinski definition) is 6. The molecule has 0 aromatic carbocycles.